The fourth-order valence-electron chi connectivity index (χ4n) is 2.01. The largest absolute Gasteiger partial charge is 0.484 e. The maximum absolute atomic E-state index is 12.0. The summed E-state index contributed by atoms with van der Waals surface area (Å²) in [4.78, 5) is 13.9. The van der Waals surface area contributed by atoms with E-state index in [0.29, 0.717) is 18.3 Å². The number of benzene rings is 1. The quantitative estimate of drug-likeness (QED) is 0.830. The van der Waals surface area contributed by atoms with Crippen molar-refractivity contribution in [1.82, 2.24) is 4.90 Å². The van der Waals surface area contributed by atoms with Crippen LogP contribution in [0.4, 0.5) is 0 Å². The number of hydrogen-bond acceptors (Lipinski definition) is 3. The third-order valence-corrected chi connectivity index (χ3v) is 3.15. The van der Waals surface area contributed by atoms with Gasteiger partial charge in [-0.25, -0.2) is 0 Å². The van der Waals surface area contributed by atoms with Gasteiger partial charge in [-0.1, -0.05) is 12.1 Å². The number of nitrogens with two attached hydrogens (primary N) is 1. The molecule has 1 aromatic carbocycles. The Bertz CT molecular complexity index is 416. The van der Waals surface area contributed by atoms with Gasteiger partial charge in [0.15, 0.2) is 6.61 Å². The average Bonchev–Trinajstić information content (AvgIpc) is 3.22. The Morgan fingerprint density at radius 1 is 1.50 bits per heavy atom. The lowest BCUT2D eigenvalue weighted by molar-refractivity contribution is -0.133. The Hall–Kier alpha value is -1.55. The third kappa shape index (κ3) is 3.23. The van der Waals surface area contributed by atoms with E-state index in [1.165, 1.54) is 0 Å². The van der Waals surface area contributed by atoms with Crippen LogP contribution in [0.3, 0.4) is 0 Å². The number of amides is 1. The van der Waals surface area contributed by atoms with Crippen LogP contribution < -0.4 is 10.5 Å². The van der Waals surface area contributed by atoms with Gasteiger partial charge in [-0.2, -0.15) is 0 Å². The Labute approximate surface area is 108 Å². The zero-order chi connectivity index (χ0) is 13.0. The summed E-state index contributed by atoms with van der Waals surface area (Å²) in [5, 5.41) is 0. The highest BCUT2D eigenvalue weighted by Gasteiger charge is 2.31. The SMILES string of the molecule is CCN(C(=O)COc1cccc(CN)c1)C1CC1. The summed E-state index contributed by atoms with van der Waals surface area (Å²) in [5.41, 5.74) is 6.57. The molecule has 0 saturated heterocycles. The van der Waals surface area contributed by atoms with Crippen LogP contribution >= 0.6 is 0 Å². The Morgan fingerprint density at radius 3 is 2.89 bits per heavy atom. The smallest absolute Gasteiger partial charge is 0.260 e. The van der Waals surface area contributed by atoms with Crippen molar-refractivity contribution < 1.29 is 9.53 Å². The molecule has 18 heavy (non-hydrogen) atoms. The maximum Gasteiger partial charge on any atom is 0.260 e. The second-order valence-corrected chi connectivity index (χ2v) is 4.55. The second-order valence-electron chi connectivity index (χ2n) is 4.55. The molecular formula is C14H20N2O2. The summed E-state index contributed by atoms with van der Waals surface area (Å²) in [6, 6.07) is 8.00. The van der Waals surface area contributed by atoms with Crippen LogP contribution in [0.15, 0.2) is 24.3 Å². The summed E-state index contributed by atoms with van der Waals surface area (Å²) < 4.78 is 5.52. The van der Waals surface area contributed by atoms with Crippen molar-refractivity contribution in [3.8, 4) is 5.75 Å². The van der Waals surface area contributed by atoms with Gasteiger partial charge in [-0.05, 0) is 37.5 Å². The Balaban J connectivity index is 1.87. The van der Waals surface area contributed by atoms with Crippen molar-refractivity contribution in [2.75, 3.05) is 13.2 Å². The number of carbonyl (C=O) groups excluding carboxylic acids is 1. The molecule has 0 radical (unpaired) electrons. The minimum Gasteiger partial charge on any atom is -0.484 e. The lowest BCUT2D eigenvalue weighted by atomic mass is 10.2. The van der Waals surface area contributed by atoms with Gasteiger partial charge < -0.3 is 15.4 Å². The van der Waals surface area contributed by atoms with E-state index in [9.17, 15) is 4.79 Å². The highest BCUT2D eigenvalue weighted by molar-refractivity contribution is 5.78. The molecule has 4 heteroatoms. The van der Waals surface area contributed by atoms with Crippen LogP contribution in [0.25, 0.3) is 0 Å². The first-order valence-corrected chi connectivity index (χ1v) is 6.46. The minimum absolute atomic E-state index is 0.0677. The molecule has 0 bridgehead atoms. The molecule has 0 aromatic heterocycles. The summed E-state index contributed by atoms with van der Waals surface area (Å²) in [5.74, 6) is 0.774. The summed E-state index contributed by atoms with van der Waals surface area (Å²) in [6.45, 7) is 3.35. The molecule has 1 amide bonds. The molecular weight excluding hydrogens is 228 g/mol. The fraction of sp³-hybridized carbons (Fsp3) is 0.500. The van der Waals surface area contributed by atoms with Crippen LogP contribution in [0.5, 0.6) is 5.75 Å². The molecule has 0 heterocycles. The lowest BCUT2D eigenvalue weighted by Gasteiger charge is -2.20. The number of hydrogen-bond donors (Lipinski definition) is 1. The van der Waals surface area contributed by atoms with Crippen molar-refractivity contribution in [3.05, 3.63) is 29.8 Å². The van der Waals surface area contributed by atoms with Crippen LogP contribution in [-0.4, -0.2) is 30.0 Å². The van der Waals surface area contributed by atoms with Gasteiger partial charge in [0.2, 0.25) is 0 Å². The zero-order valence-electron chi connectivity index (χ0n) is 10.8. The van der Waals surface area contributed by atoms with Crippen molar-refractivity contribution in [3.63, 3.8) is 0 Å². The van der Waals surface area contributed by atoms with Gasteiger partial charge in [0, 0.05) is 19.1 Å². The molecule has 4 nitrogen and oxygen atoms in total. The van der Waals surface area contributed by atoms with Crippen molar-refractivity contribution >= 4 is 5.91 Å². The van der Waals surface area contributed by atoms with E-state index in [2.05, 4.69) is 0 Å². The normalized spacial score (nSPS) is 14.3. The maximum atomic E-state index is 12.0. The van der Waals surface area contributed by atoms with Crippen LogP contribution in [-0.2, 0) is 11.3 Å². The molecule has 0 atom stereocenters. The molecule has 1 aromatic rings. The third-order valence-electron chi connectivity index (χ3n) is 3.15. The number of nitrogens with zero attached hydrogens (tertiary/aromatic N) is 1. The molecule has 1 aliphatic carbocycles. The number of rotatable bonds is 6. The number of likely N-dealkylation sites (N-methyl/N-ethyl adjacent to an activating group) is 1. The van der Waals surface area contributed by atoms with Crippen LogP contribution in [0.2, 0.25) is 0 Å². The molecule has 0 aliphatic heterocycles. The summed E-state index contributed by atoms with van der Waals surface area (Å²) in [6.07, 6.45) is 2.25. The highest BCUT2D eigenvalue weighted by atomic mass is 16.5. The number of ether oxygens (including phenoxy) is 1. The first kappa shape index (κ1) is 12.9. The van der Waals surface area contributed by atoms with E-state index in [4.69, 9.17) is 10.5 Å². The van der Waals surface area contributed by atoms with Crippen molar-refractivity contribution in [2.45, 2.75) is 32.4 Å². The van der Waals surface area contributed by atoms with E-state index >= 15 is 0 Å². The van der Waals surface area contributed by atoms with Gasteiger partial charge in [0.05, 0.1) is 0 Å². The van der Waals surface area contributed by atoms with E-state index in [-0.39, 0.29) is 12.5 Å². The Morgan fingerprint density at radius 2 is 2.28 bits per heavy atom. The molecule has 2 N–H and O–H groups in total. The van der Waals surface area contributed by atoms with E-state index in [1.54, 1.807) is 0 Å². The van der Waals surface area contributed by atoms with Gasteiger partial charge in [0.1, 0.15) is 5.75 Å². The molecule has 2 rings (SSSR count). The molecule has 0 unspecified atom stereocenters. The number of carbonyl (C=O) groups is 1. The molecule has 98 valence electrons. The van der Waals surface area contributed by atoms with E-state index in [1.807, 2.05) is 36.1 Å². The fourth-order valence-corrected chi connectivity index (χ4v) is 2.01. The summed E-state index contributed by atoms with van der Waals surface area (Å²) >= 11 is 0. The standard InChI is InChI=1S/C14H20N2O2/c1-2-16(12-6-7-12)14(17)10-18-13-5-3-4-11(8-13)9-15/h3-5,8,12H,2,6-7,9-10,15H2,1H3. The van der Waals surface area contributed by atoms with Crippen LogP contribution in [0.1, 0.15) is 25.3 Å². The van der Waals surface area contributed by atoms with E-state index < -0.39 is 0 Å². The monoisotopic (exact) mass is 248 g/mol. The van der Waals surface area contributed by atoms with Gasteiger partial charge in [-0.3, -0.25) is 4.79 Å². The zero-order valence-corrected chi connectivity index (χ0v) is 10.8. The predicted octanol–water partition coefficient (Wildman–Crippen LogP) is 1.53. The van der Waals surface area contributed by atoms with Crippen molar-refractivity contribution in [2.24, 2.45) is 5.73 Å². The Kier molecular flexibility index (Phi) is 4.20. The lowest BCUT2D eigenvalue weighted by Crippen LogP contribution is -2.36. The van der Waals surface area contributed by atoms with Gasteiger partial charge in [0.25, 0.3) is 5.91 Å². The topological polar surface area (TPSA) is 55.6 Å². The van der Waals surface area contributed by atoms with Gasteiger partial charge in [-0.15, -0.1) is 0 Å². The molecule has 1 fully saturated rings. The van der Waals surface area contributed by atoms with Gasteiger partial charge >= 0.3 is 0 Å². The first-order chi connectivity index (χ1) is 8.74. The molecule has 1 saturated carbocycles. The molecule has 0 spiro atoms. The van der Waals surface area contributed by atoms with Crippen LogP contribution in [0, 0.1) is 0 Å². The minimum atomic E-state index is 0.0677. The van der Waals surface area contributed by atoms with E-state index in [0.717, 1.165) is 24.9 Å². The van der Waals surface area contributed by atoms with Crippen molar-refractivity contribution in [1.29, 1.82) is 0 Å². The molecule has 1 aliphatic rings. The highest BCUT2D eigenvalue weighted by Crippen LogP contribution is 2.26. The average molecular weight is 248 g/mol. The first-order valence-electron chi connectivity index (χ1n) is 6.46. The summed E-state index contributed by atoms with van der Waals surface area (Å²) in [7, 11) is 0. The predicted molar refractivity (Wildman–Crippen MR) is 70.2 cm³/mol. The second kappa shape index (κ2) is 5.87.